The van der Waals surface area contributed by atoms with Crippen LogP contribution >= 0.6 is 0 Å². The van der Waals surface area contributed by atoms with Crippen molar-refractivity contribution in [2.75, 3.05) is 13.1 Å². The van der Waals surface area contributed by atoms with Crippen LogP contribution < -0.4 is 16.1 Å². The average Bonchev–Trinajstić information content (AvgIpc) is 2.51. The summed E-state index contributed by atoms with van der Waals surface area (Å²) >= 11 is 0. The third-order valence-electron chi connectivity index (χ3n) is 2.92. The van der Waals surface area contributed by atoms with Crippen molar-refractivity contribution in [3.8, 4) is 0 Å². The molecule has 2 amide bonds. The van der Waals surface area contributed by atoms with Crippen molar-refractivity contribution < 1.29 is 14.0 Å². The molecule has 0 aliphatic carbocycles. The molecule has 2 aromatic rings. The molecular weight excluding hydrogens is 284 g/mol. The number of carbonyl (C=O) groups excluding carboxylic acids is 2. The molecule has 0 bridgehead atoms. The van der Waals surface area contributed by atoms with Crippen LogP contribution in [0.2, 0.25) is 0 Å². The smallest absolute Gasteiger partial charge is 0.244 e. The highest BCUT2D eigenvalue weighted by Gasteiger charge is 2.04. The quantitative estimate of drug-likeness (QED) is 0.638. The van der Waals surface area contributed by atoms with Crippen LogP contribution in [0.4, 0.5) is 0 Å². The molecule has 1 aromatic carbocycles. The molecule has 114 valence electrons. The summed E-state index contributed by atoms with van der Waals surface area (Å²) in [6.07, 6.45) is 3.99. The Morgan fingerprint density at radius 1 is 1.18 bits per heavy atom. The lowest BCUT2D eigenvalue weighted by molar-refractivity contribution is -0.119. The normalized spacial score (nSPS) is 10.8. The Morgan fingerprint density at radius 2 is 1.91 bits per heavy atom. The minimum absolute atomic E-state index is 0.154. The molecule has 6 nitrogen and oxygen atoms in total. The molecule has 6 heteroatoms. The van der Waals surface area contributed by atoms with E-state index in [1.165, 1.54) is 25.3 Å². The molecule has 0 unspecified atom stereocenters. The molecule has 0 spiro atoms. The fourth-order valence-corrected chi connectivity index (χ4v) is 1.86. The van der Waals surface area contributed by atoms with Gasteiger partial charge in [0.05, 0.1) is 10.9 Å². The molecule has 0 radical (unpaired) electrons. The number of amides is 2. The Labute approximate surface area is 126 Å². The van der Waals surface area contributed by atoms with Crippen LogP contribution in [-0.4, -0.2) is 24.9 Å². The van der Waals surface area contributed by atoms with Crippen molar-refractivity contribution in [1.29, 1.82) is 0 Å². The third kappa shape index (κ3) is 4.05. The van der Waals surface area contributed by atoms with E-state index in [-0.39, 0.29) is 17.2 Å². The number of carbonyl (C=O) groups is 2. The van der Waals surface area contributed by atoms with Gasteiger partial charge in [-0.15, -0.1) is 0 Å². The van der Waals surface area contributed by atoms with Crippen LogP contribution in [0.5, 0.6) is 0 Å². The second kappa shape index (κ2) is 7.21. The number of fused-ring (bicyclic) bond motifs is 1. The number of hydrogen-bond donors (Lipinski definition) is 2. The highest BCUT2D eigenvalue weighted by atomic mass is 16.3. The molecule has 2 N–H and O–H groups in total. The number of para-hydroxylation sites is 1. The first-order valence-electron chi connectivity index (χ1n) is 6.79. The van der Waals surface area contributed by atoms with Crippen molar-refractivity contribution in [3.05, 3.63) is 52.4 Å². The van der Waals surface area contributed by atoms with E-state index >= 15 is 0 Å². The van der Waals surface area contributed by atoms with Gasteiger partial charge in [-0.2, -0.15) is 0 Å². The summed E-state index contributed by atoms with van der Waals surface area (Å²) < 4.78 is 5.35. The minimum atomic E-state index is -0.349. The van der Waals surface area contributed by atoms with Gasteiger partial charge in [-0.3, -0.25) is 14.4 Å². The first kappa shape index (κ1) is 15.5. The summed E-state index contributed by atoms with van der Waals surface area (Å²) in [5, 5.41) is 5.62. The summed E-state index contributed by atoms with van der Waals surface area (Å²) in [4.78, 5) is 34.4. The maximum atomic E-state index is 12.2. The Kier molecular flexibility index (Phi) is 5.08. The summed E-state index contributed by atoms with van der Waals surface area (Å²) in [6.45, 7) is 2.07. The molecule has 2 rings (SSSR count). The molecule has 0 aliphatic rings. The van der Waals surface area contributed by atoms with E-state index in [9.17, 15) is 14.4 Å². The first-order chi connectivity index (χ1) is 10.6. The van der Waals surface area contributed by atoms with Crippen LogP contribution in [0.25, 0.3) is 17.0 Å². The molecule has 0 saturated heterocycles. The maximum Gasteiger partial charge on any atom is 0.244 e. The van der Waals surface area contributed by atoms with Crippen LogP contribution in [0.1, 0.15) is 12.5 Å². The van der Waals surface area contributed by atoms with Crippen molar-refractivity contribution in [2.45, 2.75) is 6.92 Å². The van der Waals surface area contributed by atoms with E-state index in [1.807, 2.05) is 0 Å². The van der Waals surface area contributed by atoms with Gasteiger partial charge in [0.25, 0.3) is 0 Å². The first-order valence-corrected chi connectivity index (χ1v) is 6.79. The van der Waals surface area contributed by atoms with Crippen LogP contribution in [0, 0.1) is 0 Å². The predicted octanol–water partition coefficient (Wildman–Crippen LogP) is 1.06. The van der Waals surface area contributed by atoms with Gasteiger partial charge in [0.1, 0.15) is 11.8 Å². The van der Waals surface area contributed by atoms with Gasteiger partial charge in [-0.1, -0.05) is 12.1 Å². The number of rotatable bonds is 5. The van der Waals surface area contributed by atoms with Crippen molar-refractivity contribution in [2.24, 2.45) is 0 Å². The van der Waals surface area contributed by atoms with E-state index < -0.39 is 0 Å². The van der Waals surface area contributed by atoms with E-state index in [0.29, 0.717) is 29.6 Å². The molecule has 0 fully saturated rings. The van der Waals surface area contributed by atoms with Gasteiger partial charge in [0.15, 0.2) is 5.43 Å². The van der Waals surface area contributed by atoms with Gasteiger partial charge in [-0.25, -0.2) is 0 Å². The number of benzene rings is 1. The fourth-order valence-electron chi connectivity index (χ4n) is 1.86. The monoisotopic (exact) mass is 300 g/mol. The molecule has 0 saturated carbocycles. The van der Waals surface area contributed by atoms with Crippen molar-refractivity contribution >= 4 is 28.9 Å². The largest absolute Gasteiger partial charge is 0.463 e. The molecule has 1 aromatic heterocycles. The predicted molar refractivity (Wildman–Crippen MR) is 83.2 cm³/mol. The topological polar surface area (TPSA) is 88.4 Å². The second-order valence-corrected chi connectivity index (χ2v) is 4.62. The van der Waals surface area contributed by atoms with Gasteiger partial charge >= 0.3 is 0 Å². The van der Waals surface area contributed by atoms with Crippen LogP contribution in [0.15, 0.2) is 45.8 Å². The SMILES string of the molecule is CC(=O)NCCNC(=O)/C=C/c1coc2ccccc2c1=O. The summed E-state index contributed by atoms with van der Waals surface area (Å²) in [5.74, 6) is -0.503. The zero-order chi connectivity index (χ0) is 15.9. The summed E-state index contributed by atoms with van der Waals surface area (Å²) in [7, 11) is 0. The highest BCUT2D eigenvalue weighted by Crippen LogP contribution is 2.10. The lowest BCUT2D eigenvalue weighted by Crippen LogP contribution is -2.32. The molecule has 0 aliphatic heterocycles. The van der Waals surface area contributed by atoms with E-state index in [2.05, 4.69) is 10.6 Å². The van der Waals surface area contributed by atoms with Gasteiger partial charge in [0, 0.05) is 26.1 Å². The maximum absolute atomic E-state index is 12.2. The van der Waals surface area contributed by atoms with E-state index in [4.69, 9.17) is 4.42 Å². The molecular formula is C16H16N2O4. The van der Waals surface area contributed by atoms with Gasteiger partial charge < -0.3 is 15.1 Å². The lowest BCUT2D eigenvalue weighted by atomic mass is 10.1. The standard InChI is InChI=1S/C16H16N2O4/c1-11(19)17-8-9-18-15(20)7-6-12-10-22-14-5-3-2-4-13(14)16(12)21/h2-7,10H,8-9H2,1H3,(H,17,19)(H,18,20)/b7-6+. The summed E-state index contributed by atoms with van der Waals surface area (Å²) in [6, 6.07) is 6.91. The molecule has 0 atom stereocenters. The van der Waals surface area contributed by atoms with Crippen LogP contribution in [0.3, 0.4) is 0 Å². The van der Waals surface area contributed by atoms with Crippen molar-refractivity contribution in [3.63, 3.8) is 0 Å². The molecule has 22 heavy (non-hydrogen) atoms. The Balaban J connectivity index is 2.01. The zero-order valence-electron chi connectivity index (χ0n) is 12.1. The van der Waals surface area contributed by atoms with Crippen LogP contribution in [-0.2, 0) is 9.59 Å². The lowest BCUT2D eigenvalue weighted by Gasteiger charge is -2.02. The van der Waals surface area contributed by atoms with Crippen molar-refractivity contribution in [1.82, 2.24) is 10.6 Å². The van der Waals surface area contributed by atoms with Gasteiger partial charge in [-0.05, 0) is 18.2 Å². The summed E-state index contributed by atoms with van der Waals surface area (Å²) in [5.41, 5.74) is 0.615. The van der Waals surface area contributed by atoms with E-state index in [1.54, 1.807) is 24.3 Å². The highest BCUT2D eigenvalue weighted by molar-refractivity contribution is 5.92. The fraction of sp³-hybridized carbons (Fsp3) is 0.188. The average molecular weight is 300 g/mol. The number of hydrogen-bond acceptors (Lipinski definition) is 4. The minimum Gasteiger partial charge on any atom is -0.463 e. The Hall–Kier alpha value is -2.89. The van der Waals surface area contributed by atoms with Gasteiger partial charge in [0.2, 0.25) is 11.8 Å². The Morgan fingerprint density at radius 3 is 2.68 bits per heavy atom. The molecule has 1 heterocycles. The third-order valence-corrected chi connectivity index (χ3v) is 2.92. The zero-order valence-corrected chi connectivity index (χ0v) is 12.1. The van der Waals surface area contributed by atoms with E-state index in [0.717, 1.165) is 0 Å². The number of nitrogens with one attached hydrogen (secondary N) is 2. The second-order valence-electron chi connectivity index (χ2n) is 4.62. The Bertz CT molecular complexity index is 777.